The van der Waals surface area contributed by atoms with Gasteiger partial charge in [0.05, 0.1) is 14.2 Å². The van der Waals surface area contributed by atoms with Gasteiger partial charge in [-0.3, -0.25) is 9.59 Å². The number of carbonyl (C=O) groups is 1. The predicted molar refractivity (Wildman–Crippen MR) is 137 cm³/mol. The molecular weight excluding hydrogens is 444 g/mol. The normalized spacial score (nSPS) is 11.4. The minimum absolute atomic E-state index is 0.0293. The highest BCUT2D eigenvalue weighted by molar-refractivity contribution is 6.10. The Morgan fingerprint density at radius 2 is 1.43 bits per heavy atom. The third-order valence-electron chi connectivity index (χ3n) is 5.48. The number of phenolic OH excluding ortho intramolecular Hbond substituents is 1. The van der Waals surface area contributed by atoms with Crippen LogP contribution in [0.4, 0.5) is 0 Å². The molecule has 6 nitrogen and oxygen atoms in total. The van der Waals surface area contributed by atoms with Crippen LogP contribution >= 0.6 is 0 Å². The number of hydrogen-bond donors (Lipinski definition) is 1. The quantitative estimate of drug-likeness (QED) is 0.269. The summed E-state index contributed by atoms with van der Waals surface area (Å²) < 4.78 is 16.3. The van der Waals surface area contributed by atoms with Gasteiger partial charge in [0.25, 0.3) is 0 Å². The van der Waals surface area contributed by atoms with Crippen LogP contribution in [0.2, 0.25) is 0 Å². The van der Waals surface area contributed by atoms with Crippen LogP contribution in [0, 0.1) is 6.92 Å². The molecule has 0 bridgehead atoms. The van der Waals surface area contributed by atoms with Crippen LogP contribution in [0.5, 0.6) is 17.2 Å². The standard InChI is InChI=1S/C29H24O6/c1-18-16-24(31)28-26(17-18)35-25(15-9-20-6-12-22(34-3)13-7-20)27(29(28)32)23(30)14-8-19-4-10-21(33-2)11-5-19/h4-17,31H,1-3H3/b14-8+,15-9+. The molecule has 0 radical (unpaired) electrons. The molecule has 0 unspecified atom stereocenters. The van der Waals surface area contributed by atoms with E-state index in [1.807, 2.05) is 12.1 Å². The van der Waals surface area contributed by atoms with Gasteiger partial charge in [0.1, 0.15) is 39.5 Å². The van der Waals surface area contributed by atoms with E-state index in [-0.39, 0.29) is 28.0 Å². The average molecular weight is 469 g/mol. The van der Waals surface area contributed by atoms with Gasteiger partial charge in [-0.1, -0.05) is 36.4 Å². The van der Waals surface area contributed by atoms with E-state index in [1.54, 1.807) is 81.8 Å². The lowest BCUT2D eigenvalue weighted by atomic mass is 10.0. The first kappa shape index (κ1) is 23.6. The van der Waals surface area contributed by atoms with E-state index in [1.165, 1.54) is 12.1 Å². The summed E-state index contributed by atoms with van der Waals surface area (Å²) in [6.07, 6.45) is 6.24. The number of aryl methyl sites for hydroxylation is 1. The second-order valence-corrected chi connectivity index (χ2v) is 7.90. The van der Waals surface area contributed by atoms with Crippen LogP contribution < -0.4 is 14.9 Å². The fourth-order valence-corrected chi connectivity index (χ4v) is 3.66. The van der Waals surface area contributed by atoms with Gasteiger partial charge in [0.2, 0.25) is 5.43 Å². The molecule has 4 rings (SSSR count). The second kappa shape index (κ2) is 10.1. The Bertz CT molecular complexity index is 1490. The van der Waals surface area contributed by atoms with Crippen molar-refractivity contribution < 1.29 is 23.8 Å². The molecule has 0 aliphatic carbocycles. The fraction of sp³-hybridized carbons (Fsp3) is 0.103. The van der Waals surface area contributed by atoms with Gasteiger partial charge in [-0.15, -0.1) is 0 Å². The van der Waals surface area contributed by atoms with Crippen LogP contribution in [0.15, 0.2) is 76.0 Å². The van der Waals surface area contributed by atoms with Crippen LogP contribution in [-0.4, -0.2) is 25.1 Å². The fourth-order valence-electron chi connectivity index (χ4n) is 3.66. The van der Waals surface area contributed by atoms with Crippen LogP contribution in [0.3, 0.4) is 0 Å². The van der Waals surface area contributed by atoms with Gasteiger partial charge >= 0.3 is 0 Å². The molecule has 0 aliphatic rings. The minimum Gasteiger partial charge on any atom is -0.507 e. The van der Waals surface area contributed by atoms with E-state index in [9.17, 15) is 14.7 Å². The van der Waals surface area contributed by atoms with Crippen molar-refractivity contribution in [1.82, 2.24) is 0 Å². The zero-order valence-corrected chi connectivity index (χ0v) is 19.6. The van der Waals surface area contributed by atoms with Gasteiger partial charge < -0.3 is 19.0 Å². The highest BCUT2D eigenvalue weighted by atomic mass is 16.5. The van der Waals surface area contributed by atoms with Crippen molar-refractivity contribution in [3.8, 4) is 17.2 Å². The summed E-state index contributed by atoms with van der Waals surface area (Å²) in [5.41, 5.74) is 1.76. The third-order valence-corrected chi connectivity index (χ3v) is 5.48. The van der Waals surface area contributed by atoms with Crippen molar-refractivity contribution in [3.63, 3.8) is 0 Å². The van der Waals surface area contributed by atoms with Crippen LogP contribution in [0.25, 0.3) is 29.2 Å². The number of ether oxygens (including phenoxy) is 2. The first-order valence-electron chi connectivity index (χ1n) is 10.9. The van der Waals surface area contributed by atoms with E-state index < -0.39 is 11.2 Å². The highest BCUT2D eigenvalue weighted by Crippen LogP contribution is 2.27. The maximum Gasteiger partial charge on any atom is 0.208 e. The Labute approximate surface area is 202 Å². The van der Waals surface area contributed by atoms with Gasteiger partial charge in [0, 0.05) is 0 Å². The molecule has 4 aromatic rings. The summed E-state index contributed by atoms with van der Waals surface area (Å²) in [4.78, 5) is 26.6. The molecule has 3 aromatic carbocycles. The molecule has 0 amide bonds. The van der Waals surface area contributed by atoms with Gasteiger partial charge in [0.15, 0.2) is 5.78 Å². The first-order valence-corrected chi connectivity index (χ1v) is 10.9. The van der Waals surface area contributed by atoms with Crippen molar-refractivity contribution in [2.45, 2.75) is 6.92 Å². The molecule has 0 fully saturated rings. The number of hydrogen-bond acceptors (Lipinski definition) is 6. The lowest BCUT2D eigenvalue weighted by Crippen LogP contribution is -2.16. The van der Waals surface area contributed by atoms with E-state index in [4.69, 9.17) is 13.9 Å². The van der Waals surface area contributed by atoms with Crippen molar-refractivity contribution in [2.24, 2.45) is 0 Å². The van der Waals surface area contributed by atoms with Crippen molar-refractivity contribution in [1.29, 1.82) is 0 Å². The topological polar surface area (TPSA) is 86.0 Å². The summed E-state index contributed by atoms with van der Waals surface area (Å²) in [5, 5.41) is 10.4. The highest BCUT2D eigenvalue weighted by Gasteiger charge is 2.20. The molecule has 0 spiro atoms. The van der Waals surface area contributed by atoms with Gasteiger partial charge in [-0.05, 0) is 72.2 Å². The average Bonchev–Trinajstić information content (AvgIpc) is 2.86. The minimum atomic E-state index is -0.595. The molecule has 6 heteroatoms. The Morgan fingerprint density at radius 1 is 0.857 bits per heavy atom. The predicted octanol–water partition coefficient (Wildman–Crippen LogP) is 5.89. The third kappa shape index (κ3) is 5.17. The largest absolute Gasteiger partial charge is 0.507 e. The van der Waals surface area contributed by atoms with Crippen molar-refractivity contribution >= 4 is 35.0 Å². The molecule has 176 valence electrons. The van der Waals surface area contributed by atoms with Gasteiger partial charge in [-0.25, -0.2) is 0 Å². The summed E-state index contributed by atoms with van der Waals surface area (Å²) in [6.45, 7) is 1.78. The maximum absolute atomic E-state index is 13.4. The Hall–Kier alpha value is -4.58. The lowest BCUT2D eigenvalue weighted by Gasteiger charge is -2.08. The second-order valence-electron chi connectivity index (χ2n) is 7.90. The number of allylic oxidation sites excluding steroid dienone is 1. The number of aromatic hydroxyl groups is 1. The smallest absolute Gasteiger partial charge is 0.208 e. The molecule has 1 heterocycles. The number of rotatable bonds is 7. The first-order chi connectivity index (χ1) is 16.9. The molecule has 0 aliphatic heterocycles. The number of benzene rings is 3. The van der Waals surface area contributed by atoms with Crippen LogP contribution in [0.1, 0.15) is 32.8 Å². The zero-order chi connectivity index (χ0) is 24.9. The summed E-state index contributed by atoms with van der Waals surface area (Å²) >= 11 is 0. The number of ketones is 1. The van der Waals surface area contributed by atoms with E-state index in [2.05, 4.69) is 0 Å². The molecule has 0 saturated carbocycles. The lowest BCUT2D eigenvalue weighted by molar-refractivity contribution is 0.104. The molecule has 1 N–H and O–H groups in total. The Kier molecular flexibility index (Phi) is 6.83. The molecule has 1 aromatic heterocycles. The monoisotopic (exact) mass is 468 g/mol. The van der Waals surface area contributed by atoms with Gasteiger partial charge in [-0.2, -0.15) is 0 Å². The summed E-state index contributed by atoms with van der Waals surface area (Å²) in [5.74, 6) is 0.747. The Balaban J connectivity index is 1.80. The van der Waals surface area contributed by atoms with E-state index in [0.717, 1.165) is 16.7 Å². The summed E-state index contributed by atoms with van der Waals surface area (Å²) in [7, 11) is 3.16. The maximum atomic E-state index is 13.4. The number of methoxy groups -OCH3 is 2. The van der Waals surface area contributed by atoms with Crippen molar-refractivity contribution in [3.05, 3.63) is 105 Å². The SMILES string of the molecule is COc1ccc(/C=C/C(=O)c2c(/C=C/c3ccc(OC)cc3)oc3cc(C)cc(O)c3c2=O)cc1. The van der Waals surface area contributed by atoms with Crippen LogP contribution in [-0.2, 0) is 0 Å². The molecule has 35 heavy (non-hydrogen) atoms. The number of phenols is 1. The zero-order valence-electron chi connectivity index (χ0n) is 19.6. The molecular formula is C29H24O6. The Morgan fingerprint density at radius 3 is 2.00 bits per heavy atom. The molecule has 0 atom stereocenters. The number of fused-ring (bicyclic) bond motifs is 1. The number of carbonyl (C=O) groups excluding carboxylic acids is 1. The van der Waals surface area contributed by atoms with E-state index in [0.29, 0.717) is 11.5 Å². The van der Waals surface area contributed by atoms with E-state index >= 15 is 0 Å². The summed E-state index contributed by atoms with van der Waals surface area (Å²) in [6, 6.07) is 17.6. The van der Waals surface area contributed by atoms with Crippen molar-refractivity contribution in [2.75, 3.05) is 14.2 Å². The molecule has 0 saturated heterocycles.